The van der Waals surface area contributed by atoms with Crippen LogP contribution in [0.3, 0.4) is 0 Å². The van der Waals surface area contributed by atoms with Gasteiger partial charge < -0.3 is 5.32 Å². The van der Waals surface area contributed by atoms with Gasteiger partial charge in [-0.2, -0.15) is 0 Å². The quantitative estimate of drug-likeness (QED) is 0.863. The first-order chi connectivity index (χ1) is 7.25. The molecule has 78 valence electrons. The number of hydrogen-bond donors (Lipinski definition) is 1. The first-order valence-corrected chi connectivity index (χ1v) is 5.70. The van der Waals surface area contributed by atoms with Crippen LogP contribution in [0.1, 0.15) is 16.1 Å². The molecule has 1 unspecified atom stereocenters. The highest BCUT2D eigenvalue weighted by Gasteiger charge is 2.13. The summed E-state index contributed by atoms with van der Waals surface area (Å²) in [7, 11) is 0. The van der Waals surface area contributed by atoms with Crippen molar-refractivity contribution in [2.45, 2.75) is 12.5 Å². The van der Waals surface area contributed by atoms with Crippen LogP contribution in [0.15, 0.2) is 30.5 Å². The molecule has 1 aliphatic carbocycles. The average Bonchev–Trinajstić information content (AvgIpc) is 2.66. The Morgan fingerprint density at radius 1 is 1.60 bits per heavy atom. The van der Waals surface area contributed by atoms with Crippen LogP contribution >= 0.6 is 22.9 Å². The molecule has 1 heterocycles. The molecule has 0 fully saturated rings. The maximum atomic E-state index is 11.7. The number of allylic oxidation sites excluding steroid dienone is 2. The molecule has 0 saturated carbocycles. The lowest BCUT2D eigenvalue weighted by molar-refractivity contribution is 0.0948. The minimum atomic E-state index is -0.121. The summed E-state index contributed by atoms with van der Waals surface area (Å²) in [6.07, 6.45) is 10.2. The maximum Gasteiger partial charge on any atom is 0.263 e. The predicted molar refractivity (Wildman–Crippen MR) is 61.3 cm³/mol. The third kappa shape index (κ3) is 2.67. The van der Waals surface area contributed by atoms with Gasteiger partial charge in [0.1, 0.15) is 4.88 Å². The van der Waals surface area contributed by atoms with Crippen LogP contribution in [0.2, 0.25) is 4.47 Å². The number of aromatic nitrogens is 1. The van der Waals surface area contributed by atoms with Gasteiger partial charge in [0, 0.05) is 0 Å². The van der Waals surface area contributed by atoms with Crippen molar-refractivity contribution in [1.82, 2.24) is 10.3 Å². The lowest BCUT2D eigenvalue weighted by Gasteiger charge is -2.13. The lowest BCUT2D eigenvalue weighted by Crippen LogP contribution is -2.33. The van der Waals surface area contributed by atoms with Crippen LogP contribution in [-0.4, -0.2) is 16.9 Å². The monoisotopic (exact) mass is 240 g/mol. The van der Waals surface area contributed by atoms with Crippen LogP contribution in [0.25, 0.3) is 0 Å². The molecule has 0 aromatic carbocycles. The zero-order valence-corrected chi connectivity index (χ0v) is 9.39. The van der Waals surface area contributed by atoms with E-state index in [-0.39, 0.29) is 11.9 Å². The summed E-state index contributed by atoms with van der Waals surface area (Å²) in [6, 6.07) is 0.0726. The second kappa shape index (κ2) is 4.59. The van der Waals surface area contributed by atoms with Gasteiger partial charge in [-0.3, -0.25) is 4.79 Å². The molecule has 2 rings (SSSR count). The van der Waals surface area contributed by atoms with Crippen molar-refractivity contribution in [1.29, 1.82) is 0 Å². The van der Waals surface area contributed by atoms with Crippen LogP contribution in [0, 0.1) is 0 Å². The zero-order valence-electron chi connectivity index (χ0n) is 7.81. The Balaban J connectivity index is 1.98. The molecule has 0 spiro atoms. The number of amides is 1. The molecular weight excluding hydrogens is 232 g/mol. The molecule has 1 amide bonds. The summed E-state index contributed by atoms with van der Waals surface area (Å²) >= 11 is 6.83. The Labute approximate surface area is 96.5 Å². The molecule has 1 atom stereocenters. The summed E-state index contributed by atoms with van der Waals surface area (Å²) in [5, 5.41) is 2.88. The topological polar surface area (TPSA) is 42.0 Å². The third-order valence-corrected chi connectivity index (χ3v) is 3.11. The van der Waals surface area contributed by atoms with E-state index in [2.05, 4.69) is 10.3 Å². The summed E-state index contributed by atoms with van der Waals surface area (Å²) in [6.45, 7) is 0. The second-order valence-electron chi connectivity index (χ2n) is 3.11. The van der Waals surface area contributed by atoms with Crippen molar-refractivity contribution >= 4 is 28.8 Å². The van der Waals surface area contributed by atoms with E-state index >= 15 is 0 Å². The highest BCUT2D eigenvalue weighted by Crippen LogP contribution is 2.17. The minimum Gasteiger partial charge on any atom is -0.345 e. The van der Waals surface area contributed by atoms with Gasteiger partial charge >= 0.3 is 0 Å². The molecule has 0 aliphatic heterocycles. The number of thiazole rings is 1. The fourth-order valence-corrected chi connectivity index (χ4v) is 2.13. The zero-order chi connectivity index (χ0) is 10.7. The van der Waals surface area contributed by atoms with E-state index in [9.17, 15) is 4.79 Å². The van der Waals surface area contributed by atoms with E-state index in [1.165, 1.54) is 17.5 Å². The summed E-state index contributed by atoms with van der Waals surface area (Å²) in [5.74, 6) is -0.121. The molecular formula is C10H9ClN2OS. The first-order valence-electron chi connectivity index (χ1n) is 4.51. The van der Waals surface area contributed by atoms with Crippen molar-refractivity contribution in [3.05, 3.63) is 39.8 Å². The summed E-state index contributed by atoms with van der Waals surface area (Å²) in [4.78, 5) is 16.0. The van der Waals surface area contributed by atoms with Gasteiger partial charge in [-0.25, -0.2) is 4.98 Å². The van der Waals surface area contributed by atoms with Gasteiger partial charge in [0.15, 0.2) is 4.47 Å². The number of hydrogen-bond acceptors (Lipinski definition) is 3. The Morgan fingerprint density at radius 2 is 2.47 bits per heavy atom. The molecule has 1 aromatic heterocycles. The fourth-order valence-electron chi connectivity index (χ4n) is 1.28. The Bertz CT molecular complexity index is 425. The molecule has 0 saturated heterocycles. The van der Waals surface area contributed by atoms with Gasteiger partial charge in [-0.05, 0) is 6.42 Å². The molecule has 15 heavy (non-hydrogen) atoms. The molecule has 5 heteroatoms. The highest BCUT2D eigenvalue weighted by molar-refractivity contribution is 7.17. The van der Waals surface area contributed by atoms with Gasteiger partial charge in [0.25, 0.3) is 5.91 Å². The minimum absolute atomic E-state index is 0.0726. The number of nitrogens with zero attached hydrogens (tertiary/aromatic N) is 1. The van der Waals surface area contributed by atoms with Crippen molar-refractivity contribution in [2.24, 2.45) is 0 Å². The second-order valence-corrected chi connectivity index (χ2v) is 4.72. The predicted octanol–water partition coefficient (Wildman–Crippen LogP) is 2.41. The SMILES string of the molecule is O=C(NC1C=CC=CC1)c1cnc(Cl)s1. The van der Waals surface area contributed by atoms with Gasteiger partial charge in [-0.1, -0.05) is 47.2 Å². The number of carbonyl (C=O) groups excluding carboxylic acids is 1. The van der Waals surface area contributed by atoms with Crippen molar-refractivity contribution < 1.29 is 4.79 Å². The number of halogens is 1. The summed E-state index contributed by atoms with van der Waals surface area (Å²) in [5.41, 5.74) is 0. The first kappa shape index (κ1) is 10.4. The van der Waals surface area contributed by atoms with E-state index < -0.39 is 0 Å². The highest BCUT2D eigenvalue weighted by atomic mass is 35.5. The lowest BCUT2D eigenvalue weighted by atomic mass is 10.1. The molecule has 1 N–H and O–H groups in total. The van der Waals surface area contributed by atoms with Crippen LogP contribution in [0.5, 0.6) is 0 Å². The maximum absolute atomic E-state index is 11.7. The van der Waals surface area contributed by atoms with Crippen molar-refractivity contribution in [2.75, 3.05) is 0 Å². The molecule has 0 bridgehead atoms. The third-order valence-electron chi connectivity index (χ3n) is 2.00. The van der Waals surface area contributed by atoms with Crippen LogP contribution in [0.4, 0.5) is 0 Å². The average molecular weight is 241 g/mol. The van der Waals surface area contributed by atoms with Crippen LogP contribution in [-0.2, 0) is 0 Å². The molecule has 1 aliphatic rings. The Morgan fingerprint density at radius 3 is 3.07 bits per heavy atom. The number of carbonyl (C=O) groups is 1. The molecule has 1 aromatic rings. The van der Waals surface area contributed by atoms with Crippen molar-refractivity contribution in [3.8, 4) is 0 Å². The van der Waals surface area contributed by atoms with E-state index in [0.29, 0.717) is 9.34 Å². The van der Waals surface area contributed by atoms with Crippen LogP contribution < -0.4 is 5.32 Å². The molecule has 3 nitrogen and oxygen atoms in total. The summed E-state index contributed by atoms with van der Waals surface area (Å²) < 4.78 is 0.388. The van der Waals surface area contributed by atoms with E-state index in [1.54, 1.807) is 0 Å². The van der Waals surface area contributed by atoms with E-state index in [1.807, 2.05) is 24.3 Å². The van der Waals surface area contributed by atoms with E-state index in [0.717, 1.165) is 6.42 Å². The number of rotatable bonds is 2. The van der Waals surface area contributed by atoms with Gasteiger partial charge in [-0.15, -0.1) is 0 Å². The Kier molecular flexibility index (Phi) is 3.18. The van der Waals surface area contributed by atoms with E-state index in [4.69, 9.17) is 11.6 Å². The Hall–Kier alpha value is -1.13. The molecule has 0 radical (unpaired) electrons. The largest absolute Gasteiger partial charge is 0.345 e. The normalized spacial score (nSPS) is 19.1. The standard InChI is InChI=1S/C10H9ClN2OS/c11-10-12-6-8(15-10)9(14)13-7-4-2-1-3-5-7/h1-4,6-7H,5H2,(H,13,14). The van der Waals surface area contributed by atoms with Crippen molar-refractivity contribution in [3.63, 3.8) is 0 Å². The van der Waals surface area contributed by atoms with Gasteiger partial charge in [0.05, 0.1) is 12.2 Å². The smallest absolute Gasteiger partial charge is 0.263 e. The van der Waals surface area contributed by atoms with Gasteiger partial charge in [0.2, 0.25) is 0 Å². The number of nitrogens with one attached hydrogen (secondary N) is 1. The fraction of sp³-hybridized carbons (Fsp3) is 0.200.